The predicted octanol–water partition coefficient (Wildman–Crippen LogP) is 5.23. The summed E-state index contributed by atoms with van der Waals surface area (Å²) in [5.74, 6) is -1.86. The molecule has 0 aliphatic carbocycles. The molecular weight excluding hydrogens is 475 g/mol. The first-order valence-corrected chi connectivity index (χ1v) is 10.5. The fraction of sp³-hybridized carbons (Fsp3) is 0.0870. The maximum atomic E-state index is 12.2. The van der Waals surface area contributed by atoms with Gasteiger partial charge >= 0.3 is 5.97 Å². The summed E-state index contributed by atoms with van der Waals surface area (Å²) >= 11 is 17.8. The Hall–Kier alpha value is -3.06. The molecule has 9 heteroatoms. The lowest BCUT2D eigenvalue weighted by Gasteiger charge is -2.10. The van der Waals surface area contributed by atoms with Crippen molar-refractivity contribution in [2.45, 2.75) is 0 Å². The molecule has 3 rings (SSSR count). The summed E-state index contributed by atoms with van der Waals surface area (Å²) in [6, 6.07) is 19.5. The van der Waals surface area contributed by atoms with Gasteiger partial charge in [-0.25, -0.2) is 0 Å². The largest absolute Gasteiger partial charge is 0.454 e. The fourth-order valence-electron chi connectivity index (χ4n) is 2.73. The summed E-state index contributed by atoms with van der Waals surface area (Å²) in [5.41, 5.74) is 2.55. The molecule has 0 spiro atoms. The third-order valence-electron chi connectivity index (χ3n) is 4.28. The van der Waals surface area contributed by atoms with E-state index < -0.39 is 30.9 Å². The number of benzene rings is 3. The van der Waals surface area contributed by atoms with E-state index in [0.29, 0.717) is 10.6 Å². The Morgan fingerprint density at radius 3 is 2.03 bits per heavy atom. The van der Waals surface area contributed by atoms with E-state index in [-0.39, 0.29) is 15.7 Å². The Balaban J connectivity index is 1.45. The number of carbonyl (C=O) groups is 3. The van der Waals surface area contributed by atoms with Crippen LogP contribution >= 0.6 is 34.8 Å². The van der Waals surface area contributed by atoms with Gasteiger partial charge in [-0.1, -0.05) is 77.3 Å². The second kappa shape index (κ2) is 11.0. The van der Waals surface area contributed by atoms with E-state index in [1.807, 2.05) is 42.5 Å². The zero-order chi connectivity index (χ0) is 23.1. The highest BCUT2D eigenvalue weighted by Gasteiger charge is 2.14. The minimum atomic E-state index is -0.775. The molecule has 0 fully saturated rings. The molecule has 6 nitrogen and oxygen atoms in total. The average Bonchev–Trinajstić information content (AvgIpc) is 2.79. The van der Waals surface area contributed by atoms with E-state index >= 15 is 0 Å². The normalized spacial score (nSPS) is 10.3. The highest BCUT2D eigenvalue weighted by atomic mass is 35.5. The summed E-state index contributed by atoms with van der Waals surface area (Å²) in [6.07, 6.45) is 0. The van der Waals surface area contributed by atoms with Gasteiger partial charge in [-0.2, -0.15) is 0 Å². The van der Waals surface area contributed by atoms with Gasteiger partial charge in [0, 0.05) is 10.6 Å². The van der Waals surface area contributed by atoms with Gasteiger partial charge in [-0.15, -0.1) is 0 Å². The van der Waals surface area contributed by atoms with E-state index in [1.54, 1.807) is 12.1 Å². The SMILES string of the molecule is O=C(COC(=O)CNC(=O)c1ccc(-c2ccccc2)cc1)Nc1c(Cl)cc(Cl)cc1Cl. The number of nitrogens with one attached hydrogen (secondary N) is 2. The van der Waals surface area contributed by atoms with Gasteiger partial charge < -0.3 is 15.4 Å². The van der Waals surface area contributed by atoms with Crippen LogP contribution in [0.5, 0.6) is 0 Å². The highest BCUT2D eigenvalue weighted by Crippen LogP contribution is 2.33. The van der Waals surface area contributed by atoms with Crippen LogP contribution in [0.2, 0.25) is 15.1 Å². The first-order valence-electron chi connectivity index (χ1n) is 9.37. The Morgan fingerprint density at radius 1 is 0.812 bits per heavy atom. The maximum Gasteiger partial charge on any atom is 0.325 e. The molecule has 0 atom stereocenters. The van der Waals surface area contributed by atoms with Gasteiger partial charge in [0.15, 0.2) is 6.61 Å². The molecule has 0 bridgehead atoms. The number of amides is 2. The van der Waals surface area contributed by atoms with E-state index in [9.17, 15) is 14.4 Å². The van der Waals surface area contributed by atoms with Crippen molar-refractivity contribution in [3.63, 3.8) is 0 Å². The third-order valence-corrected chi connectivity index (χ3v) is 5.10. The molecule has 3 aromatic rings. The lowest BCUT2D eigenvalue weighted by Crippen LogP contribution is -2.32. The second-order valence-electron chi connectivity index (χ2n) is 6.58. The zero-order valence-electron chi connectivity index (χ0n) is 16.5. The van der Waals surface area contributed by atoms with E-state index in [1.165, 1.54) is 12.1 Å². The van der Waals surface area contributed by atoms with E-state index in [2.05, 4.69) is 10.6 Å². The molecule has 164 valence electrons. The van der Waals surface area contributed by atoms with Crippen molar-refractivity contribution in [1.82, 2.24) is 5.32 Å². The molecule has 32 heavy (non-hydrogen) atoms. The number of hydrogen-bond donors (Lipinski definition) is 2. The van der Waals surface area contributed by atoms with Crippen molar-refractivity contribution < 1.29 is 19.1 Å². The monoisotopic (exact) mass is 490 g/mol. The smallest absolute Gasteiger partial charge is 0.325 e. The van der Waals surface area contributed by atoms with Gasteiger partial charge in [-0.05, 0) is 35.4 Å². The van der Waals surface area contributed by atoms with Gasteiger partial charge in [0.25, 0.3) is 11.8 Å². The number of hydrogen-bond acceptors (Lipinski definition) is 4. The van der Waals surface area contributed by atoms with Crippen LogP contribution in [0.25, 0.3) is 11.1 Å². The van der Waals surface area contributed by atoms with Crippen LogP contribution in [0.4, 0.5) is 5.69 Å². The first-order chi connectivity index (χ1) is 15.3. The standard InChI is InChI=1S/C23H17Cl3N2O4/c24-17-10-18(25)22(19(26)11-17)28-20(29)13-32-21(30)12-27-23(31)16-8-6-15(7-9-16)14-4-2-1-3-5-14/h1-11H,12-13H2,(H,27,31)(H,28,29). The van der Waals surface area contributed by atoms with Crippen molar-refractivity contribution >= 4 is 58.3 Å². The topological polar surface area (TPSA) is 84.5 Å². The first kappa shape index (κ1) is 23.6. The third kappa shape index (κ3) is 6.47. The Bertz CT molecular complexity index is 1110. The van der Waals surface area contributed by atoms with Crippen molar-refractivity contribution in [2.75, 3.05) is 18.5 Å². The van der Waals surface area contributed by atoms with Gasteiger partial charge in [-0.3, -0.25) is 14.4 Å². The molecular formula is C23H17Cl3N2O4. The Morgan fingerprint density at radius 2 is 1.41 bits per heavy atom. The summed E-state index contributed by atoms with van der Waals surface area (Å²) in [6.45, 7) is -0.967. The molecule has 0 radical (unpaired) electrons. The minimum absolute atomic E-state index is 0.146. The van der Waals surface area contributed by atoms with E-state index in [0.717, 1.165) is 11.1 Å². The summed E-state index contributed by atoms with van der Waals surface area (Å²) in [5, 5.41) is 5.51. The number of rotatable bonds is 7. The summed E-state index contributed by atoms with van der Waals surface area (Å²) in [7, 11) is 0. The van der Waals surface area contributed by atoms with Crippen LogP contribution in [0.3, 0.4) is 0 Å². The summed E-state index contributed by atoms with van der Waals surface area (Å²) < 4.78 is 4.86. The number of halogens is 3. The van der Waals surface area contributed by atoms with Gasteiger partial charge in [0.1, 0.15) is 6.54 Å². The second-order valence-corrected chi connectivity index (χ2v) is 7.83. The molecule has 0 aliphatic rings. The quantitative estimate of drug-likeness (QED) is 0.444. The fourth-order valence-corrected chi connectivity index (χ4v) is 3.64. The number of carbonyl (C=O) groups excluding carboxylic acids is 3. The lowest BCUT2D eigenvalue weighted by atomic mass is 10.0. The highest BCUT2D eigenvalue weighted by molar-refractivity contribution is 6.42. The van der Waals surface area contributed by atoms with Crippen molar-refractivity contribution in [2.24, 2.45) is 0 Å². The molecule has 0 heterocycles. The van der Waals surface area contributed by atoms with Crippen LogP contribution in [0.1, 0.15) is 10.4 Å². The maximum absolute atomic E-state index is 12.2. The molecule has 0 aliphatic heterocycles. The van der Waals surface area contributed by atoms with Crippen LogP contribution in [0, 0.1) is 0 Å². The van der Waals surface area contributed by atoms with Crippen molar-refractivity contribution in [3.05, 3.63) is 87.4 Å². The van der Waals surface area contributed by atoms with Crippen molar-refractivity contribution in [3.8, 4) is 11.1 Å². The number of anilines is 1. The Labute approximate surface area is 199 Å². The molecule has 0 saturated carbocycles. The number of esters is 1. The Kier molecular flexibility index (Phi) is 8.11. The molecule has 2 N–H and O–H groups in total. The summed E-state index contributed by atoms with van der Waals surface area (Å²) in [4.78, 5) is 36.1. The molecule has 0 unspecified atom stereocenters. The average molecular weight is 492 g/mol. The predicted molar refractivity (Wildman–Crippen MR) is 125 cm³/mol. The minimum Gasteiger partial charge on any atom is -0.454 e. The molecule has 0 saturated heterocycles. The number of ether oxygens (including phenoxy) is 1. The van der Waals surface area contributed by atoms with Crippen LogP contribution in [0.15, 0.2) is 66.7 Å². The van der Waals surface area contributed by atoms with Crippen LogP contribution in [-0.4, -0.2) is 30.9 Å². The van der Waals surface area contributed by atoms with E-state index in [4.69, 9.17) is 39.5 Å². The van der Waals surface area contributed by atoms with Gasteiger partial charge in [0.05, 0.1) is 15.7 Å². The van der Waals surface area contributed by atoms with Crippen LogP contribution < -0.4 is 10.6 Å². The zero-order valence-corrected chi connectivity index (χ0v) is 18.8. The molecule has 2 amide bonds. The van der Waals surface area contributed by atoms with Gasteiger partial charge in [0.2, 0.25) is 0 Å². The molecule has 0 aromatic heterocycles. The molecule has 3 aromatic carbocycles. The van der Waals surface area contributed by atoms with Crippen LogP contribution in [-0.2, 0) is 14.3 Å². The lowest BCUT2D eigenvalue weighted by molar-refractivity contribution is -0.146. The van der Waals surface area contributed by atoms with Crippen molar-refractivity contribution in [1.29, 1.82) is 0 Å².